The van der Waals surface area contributed by atoms with Crippen LogP contribution in [0.3, 0.4) is 0 Å². The van der Waals surface area contributed by atoms with E-state index in [1.807, 2.05) is 13.0 Å². The SMILES string of the molecule is C\C=C(/C=C1/C=C/CCCC(=O)CCC(C)OC(=O)/C1=C\O)OC. The van der Waals surface area contributed by atoms with Gasteiger partial charge in [0.05, 0.1) is 19.5 Å². The van der Waals surface area contributed by atoms with Gasteiger partial charge in [0.2, 0.25) is 0 Å². The number of ether oxygens (including phenoxy) is 2. The van der Waals surface area contributed by atoms with Gasteiger partial charge < -0.3 is 14.6 Å². The molecule has 0 aromatic rings. The van der Waals surface area contributed by atoms with Gasteiger partial charge in [-0.2, -0.15) is 0 Å². The molecular formula is C19H26O5. The first kappa shape index (κ1) is 19.7. The third kappa shape index (κ3) is 6.44. The van der Waals surface area contributed by atoms with Crippen molar-refractivity contribution in [3.8, 4) is 0 Å². The summed E-state index contributed by atoms with van der Waals surface area (Å²) in [5.41, 5.74) is 0.551. The van der Waals surface area contributed by atoms with Crippen molar-refractivity contribution in [3.63, 3.8) is 0 Å². The van der Waals surface area contributed by atoms with Crippen LogP contribution in [0.2, 0.25) is 0 Å². The maximum atomic E-state index is 12.3. The van der Waals surface area contributed by atoms with E-state index in [9.17, 15) is 14.7 Å². The number of allylic oxidation sites excluding steroid dienone is 4. The molecule has 1 aliphatic heterocycles. The van der Waals surface area contributed by atoms with E-state index in [4.69, 9.17) is 9.47 Å². The Morgan fingerprint density at radius 2 is 2.12 bits per heavy atom. The van der Waals surface area contributed by atoms with Crippen LogP contribution >= 0.6 is 0 Å². The van der Waals surface area contributed by atoms with E-state index in [2.05, 4.69) is 0 Å². The van der Waals surface area contributed by atoms with Gasteiger partial charge in [-0.1, -0.05) is 12.2 Å². The number of aliphatic hydroxyl groups is 1. The maximum Gasteiger partial charge on any atom is 0.342 e. The molecule has 1 atom stereocenters. The molecule has 24 heavy (non-hydrogen) atoms. The van der Waals surface area contributed by atoms with Crippen molar-refractivity contribution in [2.45, 2.75) is 52.1 Å². The fourth-order valence-electron chi connectivity index (χ4n) is 2.30. The maximum absolute atomic E-state index is 12.3. The van der Waals surface area contributed by atoms with E-state index in [1.54, 1.807) is 25.2 Å². The molecule has 0 saturated heterocycles. The predicted molar refractivity (Wildman–Crippen MR) is 92.3 cm³/mol. The van der Waals surface area contributed by atoms with Gasteiger partial charge in [0.1, 0.15) is 17.1 Å². The number of carbonyl (C=O) groups is 2. The molecule has 0 spiro atoms. The summed E-state index contributed by atoms with van der Waals surface area (Å²) in [6.07, 6.45) is 10.2. The van der Waals surface area contributed by atoms with Crippen LogP contribution in [-0.4, -0.2) is 30.1 Å². The zero-order valence-electron chi connectivity index (χ0n) is 14.6. The molecule has 5 nitrogen and oxygen atoms in total. The van der Waals surface area contributed by atoms with Crippen molar-refractivity contribution in [1.82, 2.24) is 0 Å². The molecule has 0 amide bonds. The first-order chi connectivity index (χ1) is 11.5. The highest BCUT2D eigenvalue weighted by Gasteiger charge is 2.19. The Hall–Kier alpha value is -2.30. The number of esters is 1. The van der Waals surface area contributed by atoms with E-state index in [0.29, 0.717) is 37.0 Å². The Labute approximate surface area is 143 Å². The third-order valence-electron chi connectivity index (χ3n) is 3.74. The van der Waals surface area contributed by atoms with E-state index in [1.165, 1.54) is 7.11 Å². The zero-order valence-corrected chi connectivity index (χ0v) is 14.6. The topological polar surface area (TPSA) is 72.8 Å². The monoisotopic (exact) mass is 334 g/mol. The number of Topliss-reactive ketones (excluding diaryl/α,β-unsaturated/α-hetero) is 1. The second-order valence-electron chi connectivity index (χ2n) is 5.63. The molecule has 0 aromatic carbocycles. The van der Waals surface area contributed by atoms with Gasteiger partial charge >= 0.3 is 5.97 Å². The number of aliphatic hydroxyl groups excluding tert-OH is 1. The van der Waals surface area contributed by atoms with E-state index >= 15 is 0 Å². The van der Waals surface area contributed by atoms with Crippen LogP contribution in [0, 0.1) is 0 Å². The molecule has 1 unspecified atom stereocenters. The molecular weight excluding hydrogens is 308 g/mol. The zero-order chi connectivity index (χ0) is 17.9. The van der Waals surface area contributed by atoms with Crippen LogP contribution in [-0.2, 0) is 19.1 Å². The highest BCUT2D eigenvalue weighted by Crippen LogP contribution is 2.19. The Bertz CT molecular complexity index is 566. The Morgan fingerprint density at radius 3 is 2.75 bits per heavy atom. The van der Waals surface area contributed by atoms with Crippen molar-refractivity contribution in [3.05, 3.63) is 47.5 Å². The second-order valence-corrected chi connectivity index (χ2v) is 5.63. The Kier molecular flexibility index (Phi) is 8.61. The fraction of sp³-hybridized carbons (Fsp3) is 0.474. The van der Waals surface area contributed by atoms with Gasteiger partial charge in [0.25, 0.3) is 0 Å². The van der Waals surface area contributed by atoms with Gasteiger partial charge in [-0.3, -0.25) is 4.79 Å². The summed E-state index contributed by atoms with van der Waals surface area (Å²) in [4.78, 5) is 24.1. The lowest BCUT2D eigenvalue weighted by Crippen LogP contribution is -2.18. The number of carbonyl (C=O) groups excluding carboxylic acids is 2. The first-order valence-corrected chi connectivity index (χ1v) is 8.17. The summed E-state index contributed by atoms with van der Waals surface area (Å²) in [6.45, 7) is 3.55. The first-order valence-electron chi connectivity index (χ1n) is 8.17. The lowest BCUT2D eigenvalue weighted by molar-refractivity contribution is -0.144. The molecule has 0 aromatic heterocycles. The summed E-state index contributed by atoms with van der Waals surface area (Å²) < 4.78 is 10.5. The number of hydrogen-bond acceptors (Lipinski definition) is 5. The minimum absolute atomic E-state index is 0.0556. The molecule has 1 rings (SSSR count). The normalized spacial score (nSPS) is 26.3. The highest BCUT2D eigenvalue weighted by atomic mass is 16.5. The van der Waals surface area contributed by atoms with Crippen molar-refractivity contribution >= 4 is 11.8 Å². The second kappa shape index (κ2) is 10.5. The van der Waals surface area contributed by atoms with Crippen molar-refractivity contribution in [2.75, 3.05) is 7.11 Å². The number of hydrogen-bond donors (Lipinski definition) is 1. The molecule has 0 aliphatic carbocycles. The molecule has 1 heterocycles. The molecule has 132 valence electrons. The van der Waals surface area contributed by atoms with Crippen LogP contribution in [0.1, 0.15) is 46.0 Å². The molecule has 1 aliphatic rings. The molecule has 0 fully saturated rings. The summed E-state index contributed by atoms with van der Waals surface area (Å²) in [5, 5.41) is 9.53. The molecule has 0 bridgehead atoms. The minimum atomic E-state index is -0.626. The van der Waals surface area contributed by atoms with Crippen LogP contribution in [0.4, 0.5) is 0 Å². The minimum Gasteiger partial charge on any atom is -0.515 e. The van der Waals surface area contributed by atoms with Crippen LogP contribution < -0.4 is 0 Å². The number of methoxy groups -OCH3 is 1. The summed E-state index contributed by atoms with van der Waals surface area (Å²) in [5.74, 6) is 0.114. The van der Waals surface area contributed by atoms with Crippen molar-refractivity contribution < 1.29 is 24.2 Å². The molecule has 0 radical (unpaired) electrons. The largest absolute Gasteiger partial charge is 0.515 e. The van der Waals surface area contributed by atoms with Gasteiger partial charge in [0, 0.05) is 12.8 Å². The number of ketones is 1. The van der Waals surface area contributed by atoms with E-state index in [-0.39, 0.29) is 11.4 Å². The van der Waals surface area contributed by atoms with Gasteiger partial charge in [-0.25, -0.2) is 4.79 Å². The third-order valence-corrected chi connectivity index (χ3v) is 3.74. The fourth-order valence-corrected chi connectivity index (χ4v) is 2.30. The summed E-state index contributed by atoms with van der Waals surface area (Å²) >= 11 is 0. The lowest BCUT2D eigenvalue weighted by Gasteiger charge is -2.14. The summed E-state index contributed by atoms with van der Waals surface area (Å²) in [6, 6.07) is 0. The predicted octanol–water partition coefficient (Wildman–Crippen LogP) is 3.93. The number of rotatable bonds is 2. The van der Waals surface area contributed by atoms with Crippen LogP contribution in [0.25, 0.3) is 0 Å². The quantitative estimate of drug-likeness (QED) is 0.470. The van der Waals surface area contributed by atoms with Gasteiger partial charge in [0.15, 0.2) is 0 Å². The average molecular weight is 334 g/mol. The van der Waals surface area contributed by atoms with Gasteiger partial charge in [-0.05, 0) is 50.8 Å². The lowest BCUT2D eigenvalue weighted by atomic mass is 10.0. The van der Waals surface area contributed by atoms with Crippen LogP contribution in [0.15, 0.2) is 47.5 Å². The highest BCUT2D eigenvalue weighted by molar-refractivity contribution is 5.94. The summed E-state index contributed by atoms with van der Waals surface area (Å²) in [7, 11) is 1.53. The standard InChI is InChI=1S/C19H26O5/c1-4-17(23-3)12-15-8-6-5-7-9-16(21)11-10-14(2)24-19(22)18(15)13-20/h4,6,8,12-14,20H,5,7,9-11H2,1-3H3/b8-6+,15-12-,17-4+,18-13-. The van der Waals surface area contributed by atoms with E-state index < -0.39 is 12.1 Å². The molecule has 0 saturated carbocycles. The number of cyclic esters (lactones) is 1. The molecule has 1 N–H and O–H groups in total. The average Bonchev–Trinajstić information content (AvgIpc) is 2.57. The molecule has 5 heteroatoms. The smallest absolute Gasteiger partial charge is 0.342 e. The Morgan fingerprint density at radius 1 is 1.38 bits per heavy atom. The van der Waals surface area contributed by atoms with Crippen molar-refractivity contribution in [1.29, 1.82) is 0 Å². The van der Waals surface area contributed by atoms with Gasteiger partial charge in [-0.15, -0.1) is 0 Å². The van der Waals surface area contributed by atoms with E-state index in [0.717, 1.165) is 12.7 Å². The Balaban J connectivity index is 3.16. The van der Waals surface area contributed by atoms with Crippen LogP contribution in [0.5, 0.6) is 0 Å². The van der Waals surface area contributed by atoms with Crippen molar-refractivity contribution in [2.24, 2.45) is 0 Å².